The fourth-order valence-electron chi connectivity index (χ4n) is 13.7. The number of nitrogens with zero attached hydrogens (tertiary/aromatic N) is 6. The summed E-state index contributed by atoms with van der Waals surface area (Å²) in [5, 5.41) is 23.1. The van der Waals surface area contributed by atoms with Crippen molar-refractivity contribution in [3.63, 3.8) is 0 Å². The van der Waals surface area contributed by atoms with E-state index in [1.807, 2.05) is 0 Å². The number of para-hydroxylation sites is 2. The van der Waals surface area contributed by atoms with Gasteiger partial charge in [-0.15, -0.1) is 10.2 Å². The average molecular weight is 1030 g/mol. The van der Waals surface area contributed by atoms with Crippen molar-refractivity contribution in [2.45, 2.75) is 123 Å². The highest BCUT2D eigenvalue weighted by atomic mass is 16.6. The lowest BCUT2D eigenvalue weighted by Crippen LogP contribution is -2.59. The summed E-state index contributed by atoms with van der Waals surface area (Å²) in [6, 6.07) is 16.8. The lowest BCUT2D eigenvalue weighted by atomic mass is 9.43. The molecular weight excluding hydrogens is 965 g/mol. The molecule has 2 amide bonds. The zero-order chi connectivity index (χ0) is 52.6. The van der Waals surface area contributed by atoms with Gasteiger partial charge in [0.2, 0.25) is 0 Å². The van der Waals surface area contributed by atoms with Gasteiger partial charge in [-0.2, -0.15) is 0 Å². The Labute approximate surface area is 431 Å². The number of benzene rings is 2. The smallest absolute Gasteiger partial charge is 0.349 e. The van der Waals surface area contributed by atoms with E-state index in [1.165, 1.54) is 28.6 Å². The molecule has 20 nitrogen and oxygen atoms in total. The number of methoxy groups -OCH3 is 1. The van der Waals surface area contributed by atoms with Crippen molar-refractivity contribution in [2.24, 2.45) is 46.3 Å². The second kappa shape index (κ2) is 21.0. The Morgan fingerprint density at radius 3 is 1.88 bits per heavy atom. The zero-order valence-corrected chi connectivity index (χ0v) is 42.5. The first-order chi connectivity index (χ1) is 36.1. The fraction of sp³-hybridized carbons (Fsp3) is 0.509. The Kier molecular flexibility index (Phi) is 14.3. The van der Waals surface area contributed by atoms with Crippen LogP contribution in [0.15, 0.2) is 91.5 Å². The highest BCUT2D eigenvalue weighted by Gasteiger charge is 2.65. The first kappa shape index (κ1) is 51.0. The molecule has 4 heterocycles. The second-order valence-electron chi connectivity index (χ2n) is 21.6. The van der Waals surface area contributed by atoms with Gasteiger partial charge in [0.1, 0.15) is 59.0 Å². The molecule has 0 bridgehead atoms. The van der Waals surface area contributed by atoms with Gasteiger partial charge in [-0.25, -0.2) is 19.0 Å². The summed E-state index contributed by atoms with van der Waals surface area (Å²) in [6.07, 6.45) is 10.3. The molecule has 4 saturated carbocycles. The molecular formula is C55H62N8O12. The second-order valence-corrected chi connectivity index (χ2v) is 21.6. The van der Waals surface area contributed by atoms with Gasteiger partial charge < -0.3 is 33.7 Å². The number of carbonyl (C=O) groups is 5. The maximum Gasteiger partial charge on any atom is 0.349 e. The molecule has 0 spiro atoms. The Bertz CT molecular complexity index is 3270. The molecule has 4 aliphatic carbocycles. The van der Waals surface area contributed by atoms with Crippen LogP contribution in [-0.4, -0.2) is 79.0 Å². The average Bonchev–Trinajstić information content (AvgIpc) is 4.15. The van der Waals surface area contributed by atoms with E-state index in [2.05, 4.69) is 52.0 Å². The van der Waals surface area contributed by atoms with Crippen molar-refractivity contribution >= 4 is 51.7 Å². The van der Waals surface area contributed by atoms with Gasteiger partial charge in [0.05, 0.1) is 32.6 Å². The summed E-state index contributed by atoms with van der Waals surface area (Å²) < 4.78 is 31.2. The largest absolute Gasteiger partial charge is 0.469 e. The fourth-order valence-corrected chi connectivity index (χ4v) is 13.7. The van der Waals surface area contributed by atoms with Crippen LogP contribution in [0.5, 0.6) is 0 Å². The molecule has 75 heavy (non-hydrogen) atoms. The Balaban J connectivity index is 0.771. The number of carbonyl (C=O) groups excluding carboxylic acids is 5. The van der Waals surface area contributed by atoms with E-state index < -0.39 is 41.1 Å². The molecule has 4 aliphatic rings. The molecule has 6 aromatic rings. The van der Waals surface area contributed by atoms with E-state index in [4.69, 9.17) is 23.0 Å². The number of amides is 2. The van der Waals surface area contributed by atoms with E-state index in [9.17, 15) is 33.6 Å². The maximum absolute atomic E-state index is 14.1. The lowest BCUT2D eigenvalue weighted by Gasteiger charge is -2.62. The van der Waals surface area contributed by atoms with E-state index in [0.717, 1.165) is 32.1 Å². The van der Waals surface area contributed by atoms with Crippen LogP contribution < -0.4 is 21.9 Å². The Hall–Kier alpha value is -7.51. The summed E-state index contributed by atoms with van der Waals surface area (Å²) in [4.78, 5) is 90.8. The number of esters is 3. The molecule has 4 aromatic heterocycles. The molecule has 2 N–H and O–H groups in total. The van der Waals surface area contributed by atoms with Gasteiger partial charge in [0, 0.05) is 22.6 Å². The summed E-state index contributed by atoms with van der Waals surface area (Å²) >= 11 is 0. The molecule has 2 aromatic carbocycles. The van der Waals surface area contributed by atoms with Crippen LogP contribution in [0.25, 0.3) is 21.9 Å². The SMILES string of the molecule is COC(=O)CC[C@@H](C)[C@H]1CC[C@H]2[C@@H]3CC[C@@H]4C[C@H](OC(=O)Cn5cc(CNC(=O)c6cc7ccccc7oc6=O)nn5)CC[C@]4(C)[C@H]3C[C@H](OC(=O)Cn3cc(CNC(=O)c4cc5ccccc5oc4=O)nn3)[C@]12C. The van der Waals surface area contributed by atoms with Crippen molar-refractivity contribution in [2.75, 3.05) is 7.11 Å². The van der Waals surface area contributed by atoms with Crippen LogP contribution in [0.2, 0.25) is 0 Å². The third kappa shape index (κ3) is 10.3. The van der Waals surface area contributed by atoms with Gasteiger partial charge in [0.15, 0.2) is 0 Å². The highest BCUT2D eigenvalue weighted by Crippen LogP contribution is 2.69. The topological polar surface area (TPSA) is 259 Å². The van der Waals surface area contributed by atoms with Gasteiger partial charge >= 0.3 is 29.2 Å². The van der Waals surface area contributed by atoms with E-state index in [0.29, 0.717) is 77.3 Å². The summed E-state index contributed by atoms with van der Waals surface area (Å²) in [6.45, 7) is 6.45. The van der Waals surface area contributed by atoms with Crippen LogP contribution >= 0.6 is 0 Å². The minimum atomic E-state index is -0.756. The molecule has 0 radical (unpaired) electrons. The maximum atomic E-state index is 14.1. The highest BCUT2D eigenvalue weighted by molar-refractivity contribution is 5.97. The third-order valence-corrected chi connectivity index (χ3v) is 17.4. The monoisotopic (exact) mass is 1030 g/mol. The third-order valence-electron chi connectivity index (χ3n) is 17.4. The number of ether oxygens (including phenoxy) is 3. The van der Waals surface area contributed by atoms with Crippen molar-refractivity contribution in [1.82, 2.24) is 40.6 Å². The Morgan fingerprint density at radius 1 is 0.720 bits per heavy atom. The summed E-state index contributed by atoms with van der Waals surface area (Å²) in [5.41, 5.74) is -0.685. The normalized spacial score (nSPS) is 26.3. The number of nitrogens with one attached hydrogen (secondary N) is 2. The van der Waals surface area contributed by atoms with Crippen LogP contribution in [0, 0.1) is 46.3 Å². The predicted molar refractivity (Wildman–Crippen MR) is 268 cm³/mol. The minimum Gasteiger partial charge on any atom is -0.469 e. The van der Waals surface area contributed by atoms with Crippen LogP contribution in [0.3, 0.4) is 0 Å². The van der Waals surface area contributed by atoms with Crippen LogP contribution in [0.4, 0.5) is 0 Å². The standard InChI is InChI=1S/C55H62N8O12/c1-31(13-18-47(64)71-4)41-16-17-42-38-15-14-34-23-37(72-48(65)29-62-27-35(58-60-62)25-56-50(67)39-21-32-9-5-7-11-44(32)73-52(39)69)19-20-54(34,2)43(38)24-46(55(41,42)3)75-49(66)30-63-28-36(59-61-63)26-57-51(68)40-22-33-10-6-8-12-45(33)74-53(40)70/h5-12,21-22,27-28,31,34,37-38,41-43,46H,13-20,23-26,29-30H2,1-4H3,(H,56,67)(H,57,68)/t31-,34-,37-,38+,41-,42+,43+,46+,54+,55-/m1/s1. The number of rotatable bonds is 16. The molecule has 10 rings (SSSR count). The van der Waals surface area contributed by atoms with Crippen molar-refractivity contribution in [3.05, 3.63) is 116 Å². The van der Waals surface area contributed by atoms with Crippen LogP contribution in [0.1, 0.15) is 117 Å². The van der Waals surface area contributed by atoms with E-state index in [-0.39, 0.29) is 83.9 Å². The lowest BCUT2D eigenvalue weighted by molar-refractivity contribution is -0.200. The number of hydrogen-bond acceptors (Lipinski definition) is 16. The molecule has 20 heteroatoms. The summed E-state index contributed by atoms with van der Waals surface area (Å²) in [5.74, 6) is -0.760. The molecule has 394 valence electrons. The van der Waals surface area contributed by atoms with Gasteiger partial charge in [-0.3, -0.25) is 24.0 Å². The molecule has 10 atom stereocenters. The zero-order valence-electron chi connectivity index (χ0n) is 42.5. The number of hydrogen-bond donors (Lipinski definition) is 2. The number of aromatic nitrogens is 6. The van der Waals surface area contributed by atoms with Gasteiger partial charge in [-0.1, -0.05) is 67.6 Å². The van der Waals surface area contributed by atoms with Gasteiger partial charge in [0.25, 0.3) is 11.8 Å². The van der Waals surface area contributed by atoms with Gasteiger partial charge in [-0.05, 0) is 123 Å². The van der Waals surface area contributed by atoms with Crippen LogP contribution in [-0.2, 0) is 54.8 Å². The molecule has 0 unspecified atom stereocenters. The van der Waals surface area contributed by atoms with Crippen molar-refractivity contribution in [1.29, 1.82) is 0 Å². The quantitative estimate of drug-likeness (QED) is 0.0610. The minimum absolute atomic E-state index is 0.0244. The van der Waals surface area contributed by atoms with E-state index >= 15 is 0 Å². The van der Waals surface area contributed by atoms with Crippen molar-refractivity contribution < 1.29 is 47.0 Å². The summed E-state index contributed by atoms with van der Waals surface area (Å²) in [7, 11) is 1.41. The molecule has 0 aliphatic heterocycles. The number of fused-ring (bicyclic) bond motifs is 7. The predicted octanol–water partition coefficient (Wildman–Crippen LogP) is 6.32. The molecule has 0 saturated heterocycles. The first-order valence-corrected chi connectivity index (χ1v) is 26.0. The van der Waals surface area contributed by atoms with E-state index in [1.54, 1.807) is 60.9 Å². The van der Waals surface area contributed by atoms with Crippen molar-refractivity contribution in [3.8, 4) is 0 Å². The molecule has 4 fully saturated rings. The first-order valence-electron chi connectivity index (χ1n) is 26.0. The Morgan fingerprint density at radius 2 is 1.29 bits per heavy atom.